The fourth-order valence-corrected chi connectivity index (χ4v) is 5.68. The SMILES string of the molecule is CC(C)c1cncc(CNCCCNC(=O)c2cc(C=O)cc(-c3ccccc3C#N)c2)c1.Cc1ccccc1.Cc1csc(CN(C)C)n1. The molecule has 3 aromatic carbocycles. The van der Waals surface area contributed by atoms with Gasteiger partial charge in [0.25, 0.3) is 5.91 Å². The average molecular weight is 689 g/mol. The van der Waals surface area contributed by atoms with Gasteiger partial charge in [-0.3, -0.25) is 14.6 Å². The van der Waals surface area contributed by atoms with E-state index in [2.05, 4.69) is 90.0 Å². The van der Waals surface area contributed by atoms with Crippen LogP contribution in [0.1, 0.15) is 79.9 Å². The third-order valence-electron chi connectivity index (χ3n) is 7.40. The Labute approximate surface area is 301 Å². The Morgan fingerprint density at radius 1 is 0.980 bits per heavy atom. The molecule has 50 heavy (non-hydrogen) atoms. The van der Waals surface area contributed by atoms with Gasteiger partial charge in [0, 0.05) is 54.2 Å². The van der Waals surface area contributed by atoms with E-state index in [0.717, 1.165) is 37.3 Å². The predicted octanol–water partition coefficient (Wildman–Crippen LogP) is 7.97. The van der Waals surface area contributed by atoms with E-state index in [0.29, 0.717) is 46.6 Å². The molecule has 0 aliphatic heterocycles. The molecule has 2 N–H and O–H groups in total. The molecule has 2 heterocycles. The Morgan fingerprint density at radius 3 is 2.34 bits per heavy atom. The lowest BCUT2D eigenvalue weighted by Crippen LogP contribution is -2.27. The van der Waals surface area contributed by atoms with Crippen molar-refractivity contribution >= 4 is 23.5 Å². The summed E-state index contributed by atoms with van der Waals surface area (Å²) >= 11 is 1.73. The average Bonchev–Trinajstić information content (AvgIpc) is 3.53. The number of nitrogens with one attached hydrogen (secondary N) is 2. The first kappa shape index (κ1) is 39.4. The minimum atomic E-state index is -0.247. The Bertz CT molecular complexity index is 1830. The van der Waals surface area contributed by atoms with Gasteiger partial charge in [0.05, 0.1) is 11.6 Å². The van der Waals surface area contributed by atoms with Gasteiger partial charge in [0.1, 0.15) is 11.3 Å². The first-order chi connectivity index (χ1) is 24.1. The molecule has 5 aromatic rings. The number of rotatable bonds is 12. The summed E-state index contributed by atoms with van der Waals surface area (Å²) in [6.45, 7) is 11.3. The van der Waals surface area contributed by atoms with Crippen molar-refractivity contribution < 1.29 is 9.59 Å². The largest absolute Gasteiger partial charge is 0.352 e. The normalized spacial score (nSPS) is 10.4. The number of hydrogen-bond donors (Lipinski definition) is 2. The molecular formula is C41H48N6O2S. The monoisotopic (exact) mass is 688 g/mol. The van der Waals surface area contributed by atoms with E-state index in [1.54, 1.807) is 41.7 Å². The maximum absolute atomic E-state index is 12.7. The first-order valence-corrected chi connectivity index (χ1v) is 17.6. The molecule has 8 nitrogen and oxygen atoms in total. The molecule has 0 spiro atoms. The van der Waals surface area contributed by atoms with Gasteiger partial charge in [-0.15, -0.1) is 11.3 Å². The van der Waals surface area contributed by atoms with Crippen LogP contribution in [0.4, 0.5) is 0 Å². The number of thiazole rings is 1. The van der Waals surface area contributed by atoms with Gasteiger partial charge in [0.2, 0.25) is 0 Å². The fraction of sp³-hybridized carbons (Fsp3) is 0.293. The van der Waals surface area contributed by atoms with Gasteiger partial charge in [-0.05, 0) is 93.3 Å². The fourth-order valence-electron chi connectivity index (χ4n) is 4.79. The summed E-state index contributed by atoms with van der Waals surface area (Å²) in [5.74, 6) is 0.197. The molecule has 0 radical (unpaired) electrons. The zero-order chi connectivity index (χ0) is 36.3. The van der Waals surface area contributed by atoms with Crippen LogP contribution < -0.4 is 10.6 Å². The number of hydrogen-bond acceptors (Lipinski definition) is 8. The molecule has 2 aromatic heterocycles. The van der Waals surface area contributed by atoms with Gasteiger partial charge < -0.3 is 15.5 Å². The highest BCUT2D eigenvalue weighted by Gasteiger charge is 2.12. The number of carbonyl (C=O) groups is 2. The maximum atomic E-state index is 12.7. The highest BCUT2D eigenvalue weighted by Crippen LogP contribution is 2.25. The number of pyridine rings is 1. The van der Waals surface area contributed by atoms with E-state index >= 15 is 0 Å². The zero-order valence-corrected chi connectivity index (χ0v) is 30.8. The molecule has 0 saturated carbocycles. The van der Waals surface area contributed by atoms with Crippen molar-refractivity contribution in [2.75, 3.05) is 27.2 Å². The molecule has 260 valence electrons. The van der Waals surface area contributed by atoms with Gasteiger partial charge >= 0.3 is 0 Å². The standard InChI is InChI=1S/C27H28N4O2.C7H12N2S.C7H8/c1-19(2)25-12-21(16-30-17-25)15-29-8-5-9-31-27(33)24-11-20(18-32)10-23(13-24)26-7-4-3-6-22(26)14-28;1-6-5-10-7(8-6)4-9(2)3;1-7-5-3-2-4-6-7/h3-4,6-7,10-13,16-19,29H,5,8-9,15H2,1-2H3,(H,31,33);5H,4H2,1-3H3;2-6H,1H3. The summed E-state index contributed by atoms with van der Waals surface area (Å²) in [6, 6.07) is 26.7. The molecule has 0 bridgehead atoms. The number of nitrogens with zero attached hydrogens (tertiary/aromatic N) is 4. The van der Waals surface area contributed by atoms with Crippen molar-refractivity contribution in [2.24, 2.45) is 0 Å². The van der Waals surface area contributed by atoms with Crippen LogP contribution in [0.25, 0.3) is 11.1 Å². The number of aromatic nitrogens is 2. The lowest BCUT2D eigenvalue weighted by Gasteiger charge is -2.11. The Hall–Kier alpha value is -5.01. The van der Waals surface area contributed by atoms with Crippen LogP contribution in [0.5, 0.6) is 0 Å². The highest BCUT2D eigenvalue weighted by atomic mass is 32.1. The smallest absolute Gasteiger partial charge is 0.251 e. The van der Waals surface area contributed by atoms with Crippen LogP contribution >= 0.6 is 11.3 Å². The molecule has 0 atom stereocenters. The van der Waals surface area contributed by atoms with Crippen LogP contribution in [0, 0.1) is 25.2 Å². The number of benzene rings is 3. The van der Waals surface area contributed by atoms with Crippen LogP contribution in [0.2, 0.25) is 0 Å². The zero-order valence-electron chi connectivity index (χ0n) is 29.9. The number of aldehydes is 1. The quantitative estimate of drug-likeness (QED) is 0.101. The van der Waals surface area contributed by atoms with Gasteiger partial charge in [0.15, 0.2) is 0 Å². The second-order valence-corrected chi connectivity index (χ2v) is 13.4. The lowest BCUT2D eigenvalue weighted by molar-refractivity contribution is 0.0953. The van der Waals surface area contributed by atoms with Crippen molar-refractivity contribution in [2.45, 2.75) is 53.1 Å². The van der Waals surface area contributed by atoms with Crippen LogP contribution in [-0.4, -0.2) is 54.2 Å². The predicted molar refractivity (Wildman–Crippen MR) is 204 cm³/mol. The van der Waals surface area contributed by atoms with Gasteiger partial charge in [-0.25, -0.2) is 4.98 Å². The molecule has 0 unspecified atom stereocenters. The first-order valence-electron chi connectivity index (χ1n) is 16.7. The van der Waals surface area contributed by atoms with Crippen molar-refractivity contribution in [3.8, 4) is 17.2 Å². The minimum Gasteiger partial charge on any atom is -0.352 e. The molecule has 1 amide bonds. The lowest BCUT2D eigenvalue weighted by atomic mass is 9.96. The van der Waals surface area contributed by atoms with Crippen LogP contribution in [-0.2, 0) is 13.1 Å². The summed E-state index contributed by atoms with van der Waals surface area (Å²) in [5, 5.41) is 18.9. The number of amides is 1. The summed E-state index contributed by atoms with van der Waals surface area (Å²) in [4.78, 5) is 34.8. The third-order valence-corrected chi connectivity index (χ3v) is 8.35. The topological polar surface area (TPSA) is 111 Å². The van der Waals surface area contributed by atoms with Crippen molar-refractivity contribution in [3.63, 3.8) is 0 Å². The summed E-state index contributed by atoms with van der Waals surface area (Å²) in [7, 11) is 4.10. The van der Waals surface area contributed by atoms with E-state index in [1.807, 2.05) is 49.6 Å². The number of nitriles is 1. The molecule has 9 heteroatoms. The Kier molecular flexibility index (Phi) is 16.7. The van der Waals surface area contributed by atoms with E-state index in [9.17, 15) is 14.9 Å². The van der Waals surface area contributed by atoms with Gasteiger partial charge in [-0.1, -0.05) is 74.0 Å². The van der Waals surface area contributed by atoms with E-state index < -0.39 is 0 Å². The van der Waals surface area contributed by atoms with E-state index in [1.165, 1.54) is 16.1 Å². The minimum absolute atomic E-state index is 0.247. The molecule has 0 aliphatic rings. The van der Waals surface area contributed by atoms with E-state index in [-0.39, 0.29) is 5.91 Å². The van der Waals surface area contributed by atoms with Gasteiger partial charge in [-0.2, -0.15) is 5.26 Å². The summed E-state index contributed by atoms with van der Waals surface area (Å²) in [5.41, 5.74) is 7.45. The summed E-state index contributed by atoms with van der Waals surface area (Å²) in [6.07, 6.45) is 5.24. The van der Waals surface area contributed by atoms with Crippen LogP contribution in [0.15, 0.2) is 96.6 Å². The second kappa shape index (κ2) is 21.2. The highest BCUT2D eigenvalue weighted by molar-refractivity contribution is 7.09. The maximum Gasteiger partial charge on any atom is 0.251 e. The summed E-state index contributed by atoms with van der Waals surface area (Å²) < 4.78 is 0. The molecule has 5 rings (SSSR count). The molecule has 0 aliphatic carbocycles. The van der Waals surface area contributed by atoms with Crippen LogP contribution in [0.3, 0.4) is 0 Å². The molecular weight excluding hydrogens is 641 g/mol. The third kappa shape index (κ3) is 13.8. The number of carbonyl (C=O) groups excluding carboxylic acids is 2. The molecule has 0 saturated heterocycles. The van der Waals surface area contributed by atoms with Crippen molar-refractivity contribution in [3.05, 3.63) is 141 Å². The second-order valence-electron chi connectivity index (χ2n) is 12.5. The molecule has 0 fully saturated rings. The van der Waals surface area contributed by atoms with Crippen molar-refractivity contribution in [1.29, 1.82) is 5.26 Å². The number of aryl methyl sites for hydroxylation is 2. The Balaban J connectivity index is 0.000000321. The van der Waals surface area contributed by atoms with E-state index in [4.69, 9.17) is 0 Å². The van der Waals surface area contributed by atoms with Crippen molar-refractivity contribution in [1.82, 2.24) is 25.5 Å². The Morgan fingerprint density at radius 2 is 1.72 bits per heavy atom.